The van der Waals surface area contributed by atoms with E-state index in [0.29, 0.717) is 19.1 Å². The second-order valence-corrected chi connectivity index (χ2v) is 2.68. The molecule has 1 aliphatic rings. The van der Waals surface area contributed by atoms with Gasteiger partial charge in [-0.05, 0) is 0 Å². The fourth-order valence-corrected chi connectivity index (χ4v) is 1.10. The van der Waals surface area contributed by atoms with Crippen LogP contribution in [0.2, 0.25) is 0 Å². The Morgan fingerprint density at radius 2 is 2.23 bits per heavy atom. The zero-order valence-corrected chi connectivity index (χ0v) is 7.22. The van der Waals surface area contributed by atoms with Crippen molar-refractivity contribution in [1.82, 2.24) is 15.0 Å². The molecular formula is C8H11N3O2. The van der Waals surface area contributed by atoms with Crippen molar-refractivity contribution < 1.29 is 9.57 Å². The van der Waals surface area contributed by atoms with E-state index in [2.05, 4.69) is 9.97 Å². The summed E-state index contributed by atoms with van der Waals surface area (Å²) < 4.78 is 5.18. The molecule has 1 aromatic heterocycles. The van der Waals surface area contributed by atoms with Crippen molar-refractivity contribution in [3.05, 3.63) is 18.6 Å². The Kier molecular flexibility index (Phi) is 2.68. The van der Waals surface area contributed by atoms with Gasteiger partial charge in [-0.3, -0.25) is 0 Å². The number of rotatable bonds is 2. The van der Waals surface area contributed by atoms with Crippen molar-refractivity contribution in [3.63, 3.8) is 0 Å². The van der Waals surface area contributed by atoms with Crippen molar-refractivity contribution >= 4 is 0 Å². The predicted molar refractivity (Wildman–Crippen MR) is 45.1 cm³/mol. The molecule has 13 heavy (non-hydrogen) atoms. The van der Waals surface area contributed by atoms with Crippen LogP contribution in [0.3, 0.4) is 0 Å². The molecule has 0 aliphatic carbocycles. The van der Waals surface area contributed by atoms with Crippen LogP contribution in [0.15, 0.2) is 18.6 Å². The Bertz CT molecular complexity index is 249. The van der Waals surface area contributed by atoms with Gasteiger partial charge in [-0.2, -0.15) is 0 Å². The molecule has 0 radical (unpaired) electrons. The second kappa shape index (κ2) is 4.15. The minimum Gasteiger partial charge on any atom is -0.385 e. The second-order valence-electron chi connectivity index (χ2n) is 2.68. The van der Waals surface area contributed by atoms with E-state index in [-0.39, 0.29) is 0 Å². The van der Waals surface area contributed by atoms with Crippen LogP contribution < -0.4 is 4.84 Å². The SMILES string of the molecule is c1cc(ON2CCOCC2)ncn1. The lowest BCUT2D eigenvalue weighted by Gasteiger charge is -2.25. The molecule has 2 rings (SSSR count). The monoisotopic (exact) mass is 181 g/mol. The first-order chi connectivity index (χ1) is 6.45. The summed E-state index contributed by atoms with van der Waals surface area (Å²) in [7, 11) is 0. The van der Waals surface area contributed by atoms with Gasteiger partial charge in [-0.25, -0.2) is 9.97 Å². The van der Waals surface area contributed by atoms with Crippen LogP contribution in [-0.2, 0) is 4.74 Å². The van der Waals surface area contributed by atoms with E-state index in [1.165, 1.54) is 6.33 Å². The van der Waals surface area contributed by atoms with Crippen LogP contribution in [0.4, 0.5) is 0 Å². The van der Waals surface area contributed by atoms with Crippen molar-refractivity contribution in [3.8, 4) is 5.88 Å². The van der Waals surface area contributed by atoms with Crippen LogP contribution in [0.1, 0.15) is 0 Å². The lowest BCUT2D eigenvalue weighted by molar-refractivity contribution is -0.121. The summed E-state index contributed by atoms with van der Waals surface area (Å²) in [6.07, 6.45) is 3.12. The topological polar surface area (TPSA) is 47.5 Å². The third-order valence-corrected chi connectivity index (χ3v) is 1.75. The molecule has 0 unspecified atom stereocenters. The molecule has 0 atom stereocenters. The van der Waals surface area contributed by atoms with E-state index >= 15 is 0 Å². The zero-order chi connectivity index (χ0) is 8.93. The molecule has 0 bridgehead atoms. The molecule has 1 aromatic rings. The number of ether oxygens (including phenoxy) is 1. The Hall–Kier alpha value is -1.20. The molecule has 0 saturated carbocycles. The summed E-state index contributed by atoms with van der Waals surface area (Å²) in [5.74, 6) is 0.580. The van der Waals surface area contributed by atoms with E-state index in [1.54, 1.807) is 12.3 Å². The number of aromatic nitrogens is 2. The third-order valence-electron chi connectivity index (χ3n) is 1.75. The molecule has 2 heterocycles. The number of hydroxylamine groups is 2. The van der Waals surface area contributed by atoms with Crippen LogP contribution in [0.5, 0.6) is 5.88 Å². The van der Waals surface area contributed by atoms with Gasteiger partial charge in [0, 0.05) is 12.3 Å². The van der Waals surface area contributed by atoms with Gasteiger partial charge in [-0.15, -0.1) is 5.06 Å². The summed E-state index contributed by atoms with van der Waals surface area (Å²) >= 11 is 0. The van der Waals surface area contributed by atoms with Crippen molar-refractivity contribution in [2.24, 2.45) is 0 Å². The predicted octanol–water partition coefficient (Wildman–Crippen LogP) is 0.103. The maximum Gasteiger partial charge on any atom is 0.241 e. The maximum absolute atomic E-state index is 5.46. The first-order valence-corrected chi connectivity index (χ1v) is 4.22. The summed E-state index contributed by atoms with van der Waals surface area (Å²) in [6.45, 7) is 2.99. The fraction of sp³-hybridized carbons (Fsp3) is 0.500. The highest BCUT2D eigenvalue weighted by Crippen LogP contribution is 2.06. The summed E-state index contributed by atoms with van der Waals surface area (Å²) in [5.41, 5.74) is 0. The number of hydrogen-bond acceptors (Lipinski definition) is 5. The molecule has 5 nitrogen and oxygen atoms in total. The summed E-state index contributed by atoms with van der Waals surface area (Å²) in [5, 5.41) is 1.84. The summed E-state index contributed by atoms with van der Waals surface area (Å²) in [4.78, 5) is 13.2. The molecule has 0 spiro atoms. The van der Waals surface area contributed by atoms with E-state index in [1.807, 2.05) is 5.06 Å². The van der Waals surface area contributed by atoms with Gasteiger partial charge in [0.1, 0.15) is 6.33 Å². The Morgan fingerprint density at radius 1 is 1.38 bits per heavy atom. The molecule has 1 aliphatic heterocycles. The number of hydrogen-bond donors (Lipinski definition) is 0. The summed E-state index contributed by atoms with van der Waals surface area (Å²) in [6, 6.07) is 1.73. The van der Waals surface area contributed by atoms with Gasteiger partial charge in [0.2, 0.25) is 5.88 Å². The zero-order valence-electron chi connectivity index (χ0n) is 7.22. The van der Waals surface area contributed by atoms with Crippen LogP contribution in [0, 0.1) is 0 Å². The van der Waals surface area contributed by atoms with E-state index in [4.69, 9.17) is 9.57 Å². The van der Waals surface area contributed by atoms with Crippen molar-refractivity contribution in [1.29, 1.82) is 0 Å². The normalized spacial score (nSPS) is 18.5. The number of morpholine rings is 1. The lowest BCUT2D eigenvalue weighted by atomic mass is 10.5. The molecule has 1 saturated heterocycles. The smallest absolute Gasteiger partial charge is 0.241 e. The van der Waals surface area contributed by atoms with Gasteiger partial charge in [-0.1, -0.05) is 0 Å². The standard InChI is InChI=1S/C8H11N3O2/c1-2-9-7-10-8(1)13-11-3-5-12-6-4-11/h1-2,7H,3-6H2. The van der Waals surface area contributed by atoms with Gasteiger partial charge < -0.3 is 9.57 Å². The first-order valence-electron chi connectivity index (χ1n) is 4.22. The quantitative estimate of drug-likeness (QED) is 0.647. The van der Waals surface area contributed by atoms with Crippen LogP contribution >= 0.6 is 0 Å². The average Bonchev–Trinajstić information content (AvgIpc) is 2.21. The third kappa shape index (κ3) is 2.37. The molecule has 0 amide bonds. The molecule has 0 N–H and O–H groups in total. The lowest BCUT2D eigenvalue weighted by Crippen LogP contribution is -2.38. The Labute approximate surface area is 76.3 Å². The van der Waals surface area contributed by atoms with Crippen LogP contribution in [-0.4, -0.2) is 41.3 Å². The Balaban J connectivity index is 1.90. The highest BCUT2D eigenvalue weighted by molar-refractivity contribution is 5.03. The highest BCUT2D eigenvalue weighted by Gasteiger charge is 2.11. The molecule has 1 fully saturated rings. The van der Waals surface area contributed by atoms with E-state index in [9.17, 15) is 0 Å². The molecule has 0 aromatic carbocycles. The van der Waals surface area contributed by atoms with Gasteiger partial charge in [0.25, 0.3) is 0 Å². The minimum atomic E-state index is 0.580. The molecular weight excluding hydrogens is 170 g/mol. The van der Waals surface area contributed by atoms with E-state index < -0.39 is 0 Å². The van der Waals surface area contributed by atoms with Crippen molar-refractivity contribution in [2.75, 3.05) is 26.3 Å². The first kappa shape index (κ1) is 8.40. The molecule has 70 valence electrons. The van der Waals surface area contributed by atoms with Crippen molar-refractivity contribution in [2.45, 2.75) is 0 Å². The van der Waals surface area contributed by atoms with E-state index in [0.717, 1.165) is 13.1 Å². The fourth-order valence-electron chi connectivity index (χ4n) is 1.10. The number of nitrogens with zero attached hydrogens (tertiary/aromatic N) is 3. The minimum absolute atomic E-state index is 0.580. The average molecular weight is 181 g/mol. The Morgan fingerprint density at radius 3 is 2.92 bits per heavy atom. The van der Waals surface area contributed by atoms with Gasteiger partial charge >= 0.3 is 0 Å². The highest BCUT2D eigenvalue weighted by atomic mass is 16.7. The van der Waals surface area contributed by atoms with Crippen LogP contribution in [0.25, 0.3) is 0 Å². The van der Waals surface area contributed by atoms with Gasteiger partial charge in [0.15, 0.2) is 0 Å². The molecule has 5 heteroatoms. The maximum atomic E-state index is 5.46. The largest absolute Gasteiger partial charge is 0.385 e. The van der Waals surface area contributed by atoms with Gasteiger partial charge in [0.05, 0.1) is 26.3 Å².